The summed E-state index contributed by atoms with van der Waals surface area (Å²) >= 11 is 5.80. The average molecular weight is 738 g/mol. The molecule has 0 aliphatic carbocycles. The van der Waals surface area contributed by atoms with Crippen molar-refractivity contribution >= 4 is 29.3 Å². The molecule has 0 saturated carbocycles. The van der Waals surface area contributed by atoms with Crippen LogP contribution in [0, 0.1) is 11.8 Å². The number of amides is 1. The molecular formula is C42H59NO8S. The molecule has 2 N–H and O–H groups in total. The van der Waals surface area contributed by atoms with E-state index in [1.165, 1.54) is 43.8 Å². The van der Waals surface area contributed by atoms with Crippen LogP contribution in [0.15, 0.2) is 72.8 Å². The molecule has 0 unspecified atom stereocenters. The van der Waals surface area contributed by atoms with Crippen LogP contribution in [-0.4, -0.2) is 76.5 Å². The SMILES string of the molecule is CCCCCCCC1(CCCCCCC=C[C@H](C(=O)N2C(=S)OC(c3ccccc3)(c3ccccc3)[C@@H]2C(C)C)[C@@](O)(COC)C(=O)O)OCCO1. The van der Waals surface area contributed by atoms with Crippen LogP contribution in [-0.2, 0) is 34.1 Å². The van der Waals surface area contributed by atoms with Crippen LogP contribution in [0.1, 0.15) is 109 Å². The fraction of sp³-hybridized carbons (Fsp3) is 0.595. The largest absolute Gasteiger partial charge is 0.479 e. The van der Waals surface area contributed by atoms with E-state index in [1.54, 1.807) is 6.08 Å². The molecule has 52 heavy (non-hydrogen) atoms. The summed E-state index contributed by atoms with van der Waals surface area (Å²) in [6, 6.07) is 18.6. The third kappa shape index (κ3) is 9.68. The Hall–Kier alpha value is -3.15. The van der Waals surface area contributed by atoms with E-state index in [1.807, 2.05) is 74.5 Å². The maximum Gasteiger partial charge on any atom is 0.339 e. The number of hydrogen-bond donors (Lipinski definition) is 2. The lowest BCUT2D eigenvalue weighted by molar-refractivity contribution is -0.174. The fourth-order valence-electron chi connectivity index (χ4n) is 7.79. The van der Waals surface area contributed by atoms with Crippen molar-refractivity contribution in [3.05, 3.63) is 83.9 Å². The highest BCUT2D eigenvalue weighted by Gasteiger charge is 2.60. The molecule has 2 aliphatic heterocycles. The topological polar surface area (TPSA) is 115 Å². The third-order valence-electron chi connectivity index (χ3n) is 10.4. The van der Waals surface area contributed by atoms with Gasteiger partial charge in [-0.15, -0.1) is 0 Å². The molecule has 0 aromatic heterocycles. The zero-order valence-corrected chi connectivity index (χ0v) is 32.3. The number of methoxy groups -OCH3 is 1. The zero-order chi connectivity index (χ0) is 37.6. The van der Waals surface area contributed by atoms with E-state index in [9.17, 15) is 19.8 Å². The first-order chi connectivity index (χ1) is 25.1. The van der Waals surface area contributed by atoms with E-state index in [4.69, 9.17) is 31.2 Å². The third-order valence-corrected chi connectivity index (χ3v) is 10.7. The van der Waals surface area contributed by atoms with Crippen molar-refractivity contribution in [2.24, 2.45) is 11.8 Å². The second kappa shape index (κ2) is 19.8. The highest BCUT2D eigenvalue weighted by Crippen LogP contribution is 2.48. The molecule has 2 aromatic rings. The monoisotopic (exact) mass is 737 g/mol. The summed E-state index contributed by atoms with van der Waals surface area (Å²) in [4.78, 5) is 28.8. The van der Waals surface area contributed by atoms with E-state index in [0.29, 0.717) is 19.6 Å². The Morgan fingerprint density at radius 1 is 0.923 bits per heavy atom. The lowest BCUT2D eigenvalue weighted by Gasteiger charge is -2.39. The van der Waals surface area contributed by atoms with E-state index in [-0.39, 0.29) is 11.1 Å². The maximum absolute atomic E-state index is 14.7. The number of hydrogen-bond acceptors (Lipinski definition) is 8. The summed E-state index contributed by atoms with van der Waals surface area (Å²) in [7, 11) is 1.30. The molecule has 286 valence electrons. The van der Waals surface area contributed by atoms with Gasteiger partial charge in [-0.2, -0.15) is 0 Å². The molecule has 10 heteroatoms. The van der Waals surface area contributed by atoms with Crippen molar-refractivity contribution in [2.45, 2.75) is 121 Å². The van der Waals surface area contributed by atoms with Gasteiger partial charge in [0.05, 0.1) is 31.8 Å². The molecule has 3 atom stereocenters. The minimum atomic E-state index is -2.55. The number of thiocarbonyl (C=S) groups is 1. The summed E-state index contributed by atoms with van der Waals surface area (Å²) in [5.74, 6) is -4.35. The summed E-state index contributed by atoms with van der Waals surface area (Å²) in [6.07, 6.45) is 15.5. The van der Waals surface area contributed by atoms with Gasteiger partial charge in [-0.3, -0.25) is 9.69 Å². The molecule has 0 bridgehead atoms. The minimum Gasteiger partial charge on any atom is -0.479 e. The van der Waals surface area contributed by atoms with Crippen molar-refractivity contribution in [3.8, 4) is 0 Å². The number of nitrogens with zero attached hydrogens (tertiary/aromatic N) is 1. The quantitative estimate of drug-likeness (QED) is 0.0702. The first-order valence-electron chi connectivity index (χ1n) is 19.1. The van der Waals surface area contributed by atoms with Gasteiger partial charge in [0, 0.05) is 31.1 Å². The normalized spacial score (nSPS) is 19.9. The Bertz CT molecular complexity index is 1400. The summed E-state index contributed by atoms with van der Waals surface area (Å²) in [5.41, 5.74) is -2.10. The second-order valence-electron chi connectivity index (χ2n) is 14.5. The molecule has 2 heterocycles. The summed E-state index contributed by atoms with van der Waals surface area (Å²) < 4.78 is 23.9. The number of benzene rings is 2. The summed E-state index contributed by atoms with van der Waals surface area (Å²) in [6.45, 7) is 6.89. The molecule has 0 radical (unpaired) electrons. The predicted octanol–water partition coefficient (Wildman–Crippen LogP) is 8.18. The number of allylic oxidation sites excluding steroid dienone is 1. The van der Waals surface area contributed by atoms with Gasteiger partial charge in [0.15, 0.2) is 11.4 Å². The van der Waals surface area contributed by atoms with Crippen LogP contribution < -0.4 is 0 Å². The van der Waals surface area contributed by atoms with Gasteiger partial charge in [0.1, 0.15) is 0 Å². The van der Waals surface area contributed by atoms with Crippen LogP contribution in [0.4, 0.5) is 0 Å². The van der Waals surface area contributed by atoms with Crippen molar-refractivity contribution < 1.29 is 38.7 Å². The standard InChI is InChI=1S/C42H59NO8S/c1-5-6-7-11-20-27-40(49-29-30-50-40)28-21-12-9-8-10-19-26-35(41(47,31-48-4)38(45)46)37(44)43-36(32(2)3)42(51-39(43)52,33-22-15-13-16-23-33)34-24-17-14-18-25-34/h13-19,22-26,32,35-36,47H,5-12,20-21,27-31H2,1-4H3,(H,45,46)/t35-,36+,41+/m1/s1. The van der Waals surface area contributed by atoms with Crippen LogP contribution in [0.25, 0.3) is 0 Å². The van der Waals surface area contributed by atoms with Crippen LogP contribution >= 0.6 is 12.2 Å². The van der Waals surface area contributed by atoms with Crippen LogP contribution in [0.5, 0.6) is 0 Å². The van der Waals surface area contributed by atoms with Gasteiger partial charge in [0.25, 0.3) is 5.17 Å². The highest BCUT2D eigenvalue weighted by atomic mass is 32.1. The molecule has 4 rings (SSSR count). The minimum absolute atomic E-state index is 0.0751. The molecule has 2 saturated heterocycles. The average Bonchev–Trinajstić information content (AvgIpc) is 3.74. The van der Waals surface area contributed by atoms with Crippen molar-refractivity contribution in [1.29, 1.82) is 0 Å². The number of carboxylic acids is 1. The number of carboxylic acid groups (broad SMARTS) is 1. The van der Waals surface area contributed by atoms with Gasteiger partial charge in [-0.25, -0.2) is 4.79 Å². The van der Waals surface area contributed by atoms with Gasteiger partial charge in [-0.05, 0) is 43.8 Å². The number of carbonyl (C=O) groups excluding carboxylic acids is 1. The number of carbonyl (C=O) groups is 2. The number of rotatable bonds is 22. The molecule has 0 spiro atoms. The molecule has 2 fully saturated rings. The fourth-order valence-corrected chi connectivity index (χ4v) is 8.12. The summed E-state index contributed by atoms with van der Waals surface area (Å²) in [5, 5.41) is 21.9. The van der Waals surface area contributed by atoms with Gasteiger partial charge >= 0.3 is 5.97 Å². The van der Waals surface area contributed by atoms with Gasteiger partial charge < -0.3 is 29.2 Å². The Morgan fingerprint density at radius 2 is 1.46 bits per heavy atom. The molecule has 9 nitrogen and oxygen atoms in total. The molecule has 2 aliphatic rings. The first-order valence-corrected chi connectivity index (χ1v) is 19.5. The Labute approximate surface area is 315 Å². The Morgan fingerprint density at radius 3 is 1.96 bits per heavy atom. The van der Waals surface area contributed by atoms with Crippen molar-refractivity contribution in [2.75, 3.05) is 26.9 Å². The maximum atomic E-state index is 14.7. The van der Waals surface area contributed by atoms with E-state index >= 15 is 0 Å². The number of aliphatic carboxylic acids is 1. The van der Waals surface area contributed by atoms with E-state index < -0.39 is 47.4 Å². The molecule has 1 amide bonds. The van der Waals surface area contributed by atoms with E-state index in [0.717, 1.165) is 56.1 Å². The Kier molecular flexibility index (Phi) is 15.8. The lowest BCUT2D eigenvalue weighted by Crippen LogP contribution is -2.58. The molecular weight excluding hydrogens is 679 g/mol. The Balaban J connectivity index is 1.49. The lowest BCUT2D eigenvalue weighted by atomic mass is 9.75. The molecule has 2 aromatic carbocycles. The second-order valence-corrected chi connectivity index (χ2v) is 14.9. The van der Waals surface area contributed by atoms with Crippen LogP contribution in [0.3, 0.4) is 0 Å². The predicted molar refractivity (Wildman–Crippen MR) is 206 cm³/mol. The van der Waals surface area contributed by atoms with Gasteiger partial charge in [0.2, 0.25) is 11.5 Å². The van der Waals surface area contributed by atoms with Gasteiger partial charge in [-0.1, -0.05) is 132 Å². The smallest absolute Gasteiger partial charge is 0.339 e. The number of aliphatic hydroxyl groups is 1. The van der Waals surface area contributed by atoms with Crippen molar-refractivity contribution in [3.63, 3.8) is 0 Å². The number of unbranched alkanes of at least 4 members (excludes halogenated alkanes) is 8. The zero-order valence-electron chi connectivity index (χ0n) is 31.5. The van der Waals surface area contributed by atoms with Crippen molar-refractivity contribution in [1.82, 2.24) is 4.90 Å². The first kappa shape index (κ1) is 41.6. The number of ether oxygens (including phenoxy) is 4. The van der Waals surface area contributed by atoms with Crippen LogP contribution in [0.2, 0.25) is 0 Å². The highest BCUT2D eigenvalue weighted by molar-refractivity contribution is 7.80. The van der Waals surface area contributed by atoms with E-state index in [2.05, 4.69) is 6.92 Å².